The third kappa shape index (κ3) is 3.16. The van der Waals surface area contributed by atoms with Crippen LogP contribution >= 0.6 is 0 Å². The van der Waals surface area contributed by atoms with Crippen molar-refractivity contribution in [2.24, 2.45) is 5.92 Å². The van der Waals surface area contributed by atoms with Gasteiger partial charge in [0.15, 0.2) is 0 Å². The highest BCUT2D eigenvalue weighted by Gasteiger charge is 2.25. The maximum Gasteiger partial charge on any atom is 0.0693 e. The number of nitrogens with zero attached hydrogens (tertiary/aromatic N) is 1. The molecule has 0 amide bonds. The molecule has 0 bridgehead atoms. The third-order valence-corrected chi connectivity index (χ3v) is 3.99. The molecule has 0 radical (unpaired) electrons. The van der Waals surface area contributed by atoms with Crippen molar-refractivity contribution in [1.29, 1.82) is 0 Å². The zero-order valence-electron chi connectivity index (χ0n) is 9.78. The van der Waals surface area contributed by atoms with Crippen LogP contribution in [0.25, 0.3) is 0 Å². The molecular weight excluding hydrogens is 188 g/mol. The molecule has 2 rings (SSSR count). The fraction of sp³-hybridized carbons (Fsp3) is 1.00. The van der Waals surface area contributed by atoms with Crippen LogP contribution in [0.5, 0.6) is 0 Å². The molecule has 1 saturated heterocycles. The van der Waals surface area contributed by atoms with Crippen LogP contribution < -0.4 is 5.32 Å². The van der Waals surface area contributed by atoms with Gasteiger partial charge < -0.3 is 15.3 Å². The van der Waals surface area contributed by atoms with Gasteiger partial charge in [0.1, 0.15) is 0 Å². The van der Waals surface area contributed by atoms with Gasteiger partial charge >= 0.3 is 0 Å². The summed E-state index contributed by atoms with van der Waals surface area (Å²) in [6.07, 6.45) is 5.88. The number of likely N-dealkylation sites (tertiary alicyclic amines) is 1. The predicted molar refractivity (Wildman–Crippen MR) is 61.9 cm³/mol. The molecule has 2 atom stereocenters. The van der Waals surface area contributed by atoms with Crippen molar-refractivity contribution < 1.29 is 5.11 Å². The van der Waals surface area contributed by atoms with Crippen molar-refractivity contribution >= 4 is 0 Å². The van der Waals surface area contributed by atoms with Crippen molar-refractivity contribution in [1.82, 2.24) is 10.2 Å². The molecule has 1 aliphatic heterocycles. The Hall–Kier alpha value is -0.120. The lowest BCUT2D eigenvalue weighted by Gasteiger charge is -2.30. The first-order valence-electron chi connectivity index (χ1n) is 6.35. The standard InChI is InChI=1S/C12H24N2O/c1-14-7-5-10(6-8-14)9-13-11-3-2-4-12(11)15/h10-13,15H,2-9H2,1H3/t11-,12-/m1/s1. The molecular formula is C12H24N2O. The minimum atomic E-state index is -0.0868. The summed E-state index contributed by atoms with van der Waals surface area (Å²) in [5.74, 6) is 0.828. The van der Waals surface area contributed by atoms with Crippen LogP contribution in [0.15, 0.2) is 0 Å². The molecule has 0 aromatic carbocycles. The van der Waals surface area contributed by atoms with Crippen LogP contribution in [-0.2, 0) is 0 Å². The quantitative estimate of drug-likeness (QED) is 0.727. The summed E-state index contributed by atoms with van der Waals surface area (Å²) in [6.45, 7) is 3.58. The van der Waals surface area contributed by atoms with Crippen LogP contribution in [0, 0.1) is 5.92 Å². The molecule has 2 fully saturated rings. The molecule has 0 aromatic rings. The van der Waals surface area contributed by atoms with E-state index in [0.29, 0.717) is 6.04 Å². The largest absolute Gasteiger partial charge is 0.392 e. The van der Waals surface area contributed by atoms with Gasteiger partial charge in [0, 0.05) is 6.04 Å². The number of hydrogen-bond acceptors (Lipinski definition) is 3. The minimum absolute atomic E-state index is 0.0868. The number of piperidine rings is 1. The van der Waals surface area contributed by atoms with Crippen LogP contribution in [0.3, 0.4) is 0 Å². The molecule has 0 spiro atoms. The van der Waals surface area contributed by atoms with E-state index in [0.717, 1.165) is 25.3 Å². The molecule has 0 unspecified atom stereocenters. The highest BCUT2D eigenvalue weighted by molar-refractivity contribution is 4.84. The van der Waals surface area contributed by atoms with Crippen molar-refractivity contribution in [3.05, 3.63) is 0 Å². The number of rotatable bonds is 3. The van der Waals surface area contributed by atoms with E-state index >= 15 is 0 Å². The van der Waals surface area contributed by atoms with E-state index in [4.69, 9.17) is 0 Å². The van der Waals surface area contributed by atoms with Gasteiger partial charge in [0.2, 0.25) is 0 Å². The molecule has 3 heteroatoms. The summed E-state index contributed by atoms with van der Waals surface area (Å²) in [5, 5.41) is 13.2. The van der Waals surface area contributed by atoms with Gasteiger partial charge in [-0.1, -0.05) is 0 Å². The summed E-state index contributed by atoms with van der Waals surface area (Å²) in [5.41, 5.74) is 0. The number of hydrogen-bond donors (Lipinski definition) is 2. The van der Waals surface area contributed by atoms with Gasteiger partial charge in [0.05, 0.1) is 6.10 Å². The maximum absolute atomic E-state index is 9.69. The van der Waals surface area contributed by atoms with Crippen molar-refractivity contribution in [2.45, 2.75) is 44.2 Å². The second kappa shape index (κ2) is 5.28. The summed E-state index contributed by atoms with van der Waals surface area (Å²) in [4.78, 5) is 2.40. The monoisotopic (exact) mass is 212 g/mol. The molecule has 0 aromatic heterocycles. The summed E-state index contributed by atoms with van der Waals surface area (Å²) in [6, 6.07) is 0.379. The summed E-state index contributed by atoms with van der Waals surface area (Å²) in [7, 11) is 2.20. The zero-order chi connectivity index (χ0) is 10.7. The smallest absolute Gasteiger partial charge is 0.0693 e. The van der Waals surface area contributed by atoms with Crippen LogP contribution in [0.2, 0.25) is 0 Å². The zero-order valence-corrected chi connectivity index (χ0v) is 9.78. The molecule has 1 saturated carbocycles. The summed E-state index contributed by atoms with van der Waals surface area (Å²) >= 11 is 0. The first-order chi connectivity index (χ1) is 7.25. The number of aliphatic hydroxyl groups excluding tert-OH is 1. The first kappa shape index (κ1) is 11.4. The lowest BCUT2D eigenvalue weighted by atomic mass is 9.97. The van der Waals surface area contributed by atoms with Crippen LogP contribution in [-0.4, -0.2) is 48.8 Å². The first-order valence-corrected chi connectivity index (χ1v) is 6.35. The molecule has 1 aliphatic carbocycles. The highest BCUT2D eigenvalue weighted by atomic mass is 16.3. The van der Waals surface area contributed by atoms with Gasteiger partial charge in [-0.15, -0.1) is 0 Å². The van der Waals surface area contributed by atoms with Crippen molar-refractivity contribution in [3.63, 3.8) is 0 Å². The normalized spacial score (nSPS) is 34.8. The van der Waals surface area contributed by atoms with E-state index in [-0.39, 0.29) is 6.10 Å². The Labute approximate surface area is 92.8 Å². The molecule has 88 valence electrons. The highest BCUT2D eigenvalue weighted by Crippen LogP contribution is 2.20. The maximum atomic E-state index is 9.69. The van der Waals surface area contributed by atoms with E-state index in [2.05, 4.69) is 17.3 Å². The fourth-order valence-electron chi connectivity index (χ4n) is 2.76. The van der Waals surface area contributed by atoms with Crippen molar-refractivity contribution in [2.75, 3.05) is 26.7 Å². The van der Waals surface area contributed by atoms with E-state index in [1.54, 1.807) is 0 Å². The van der Waals surface area contributed by atoms with Gasteiger partial charge in [-0.3, -0.25) is 0 Å². The predicted octanol–water partition coefficient (Wildman–Crippen LogP) is 0.831. The average Bonchev–Trinajstić information content (AvgIpc) is 2.63. The molecule has 1 heterocycles. The van der Waals surface area contributed by atoms with Crippen molar-refractivity contribution in [3.8, 4) is 0 Å². The second-order valence-corrected chi connectivity index (χ2v) is 5.26. The topological polar surface area (TPSA) is 35.5 Å². The molecule has 2 aliphatic rings. The van der Waals surface area contributed by atoms with Gasteiger partial charge in [-0.2, -0.15) is 0 Å². The Morgan fingerprint density at radius 2 is 1.93 bits per heavy atom. The average molecular weight is 212 g/mol. The molecule has 2 N–H and O–H groups in total. The van der Waals surface area contributed by atoms with E-state index in [1.165, 1.54) is 32.4 Å². The Kier molecular flexibility index (Phi) is 4.00. The third-order valence-electron chi connectivity index (χ3n) is 3.99. The SMILES string of the molecule is CN1CCC(CN[C@@H]2CCC[C@H]2O)CC1. The molecule has 3 nitrogen and oxygen atoms in total. The Morgan fingerprint density at radius 1 is 1.20 bits per heavy atom. The van der Waals surface area contributed by atoms with Crippen LogP contribution in [0.4, 0.5) is 0 Å². The van der Waals surface area contributed by atoms with Gasteiger partial charge in [-0.05, 0) is 64.7 Å². The Morgan fingerprint density at radius 3 is 2.53 bits per heavy atom. The second-order valence-electron chi connectivity index (χ2n) is 5.26. The van der Waals surface area contributed by atoms with E-state index in [9.17, 15) is 5.11 Å². The Balaban J connectivity index is 1.65. The fourth-order valence-corrected chi connectivity index (χ4v) is 2.76. The van der Waals surface area contributed by atoms with E-state index < -0.39 is 0 Å². The lowest BCUT2D eigenvalue weighted by molar-refractivity contribution is 0.141. The number of aliphatic hydroxyl groups is 1. The Bertz CT molecular complexity index is 190. The summed E-state index contributed by atoms with van der Waals surface area (Å²) < 4.78 is 0. The van der Waals surface area contributed by atoms with Gasteiger partial charge in [0.25, 0.3) is 0 Å². The lowest BCUT2D eigenvalue weighted by Crippen LogP contribution is -2.41. The van der Waals surface area contributed by atoms with Gasteiger partial charge in [-0.25, -0.2) is 0 Å². The molecule has 15 heavy (non-hydrogen) atoms. The van der Waals surface area contributed by atoms with Crippen LogP contribution in [0.1, 0.15) is 32.1 Å². The van der Waals surface area contributed by atoms with E-state index in [1.807, 2.05) is 0 Å². The number of nitrogens with one attached hydrogen (secondary N) is 1. The minimum Gasteiger partial charge on any atom is -0.392 e.